The average Bonchev–Trinajstić information content (AvgIpc) is 2.82. The molecular weight excluding hydrogens is 394 g/mol. The van der Waals surface area contributed by atoms with Crippen LogP contribution in [0, 0.1) is 0 Å². The first-order chi connectivity index (χ1) is 15.1. The van der Waals surface area contributed by atoms with Gasteiger partial charge in [0.2, 0.25) is 0 Å². The molecule has 0 radical (unpaired) electrons. The molecule has 0 unspecified atom stereocenters. The van der Waals surface area contributed by atoms with Crippen molar-refractivity contribution in [2.24, 2.45) is 0 Å². The molecule has 0 aromatic heterocycles. The number of amides is 1. The van der Waals surface area contributed by atoms with Crippen LogP contribution in [0.1, 0.15) is 17.3 Å². The van der Waals surface area contributed by atoms with E-state index < -0.39 is 12.1 Å². The Hall–Kier alpha value is -3.80. The van der Waals surface area contributed by atoms with Crippen LogP contribution in [0.5, 0.6) is 11.5 Å². The molecule has 0 saturated heterocycles. The predicted molar refractivity (Wildman–Crippen MR) is 119 cm³/mol. The summed E-state index contributed by atoms with van der Waals surface area (Å²) in [6, 6.07) is 25.3. The maximum Gasteiger partial charge on any atom is 0.342 e. The first kappa shape index (κ1) is 21.9. The van der Waals surface area contributed by atoms with E-state index in [2.05, 4.69) is 0 Å². The molecule has 1 amide bonds. The van der Waals surface area contributed by atoms with Gasteiger partial charge in [-0.05, 0) is 43.3 Å². The molecule has 0 aliphatic heterocycles. The number of ether oxygens (including phenoxy) is 3. The third-order valence-corrected chi connectivity index (χ3v) is 4.57. The Bertz CT molecular complexity index is 991. The van der Waals surface area contributed by atoms with Gasteiger partial charge in [-0.2, -0.15) is 0 Å². The van der Waals surface area contributed by atoms with E-state index in [0.717, 1.165) is 11.4 Å². The third-order valence-electron chi connectivity index (χ3n) is 4.57. The van der Waals surface area contributed by atoms with Crippen molar-refractivity contribution in [3.63, 3.8) is 0 Å². The number of rotatable bonds is 9. The van der Waals surface area contributed by atoms with Crippen LogP contribution in [0.3, 0.4) is 0 Å². The Morgan fingerprint density at radius 3 is 2.10 bits per heavy atom. The van der Waals surface area contributed by atoms with Gasteiger partial charge < -0.3 is 19.1 Å². The van der Waals surface area contributed by atoms with Crippen LogP contribution in [0.4, 0.5) is 5.69 Å². The number of hydrogen-bond donors (Lipinski definition) is 0. The van der Waals surface area contributed by atoms with Crippen molar-refractivity contribution >= 4 is 17.6 Å². The fourth-order valence-corrected chi connectivity index (χ4v) is 2.91. The van der Waals surface area contributed by atoms with Crippen molar-refractivity contribution < 1.29 is 23.8 Å². The molecule has 0 N–H and O–H groups in total. The molecule has 1 atom stereocenters. The lowest BCUT2D eigenvalue weighted by atomic mass is 10.2. The number of para-hydroxylation sites is 3. The molecule has 31 heavy (non-hydrogen) atoms. The van der Waals surface area contributed by atoms with Crippen LogP contribution in [-0.2, 0) is 9.53 Å². The van der Waals surface area contributed by atoms with Crippen LogP contribution < -0.4 is 14.4 Å². The summed E-state index contributed by atoms with van der Waals surface area (Å²) >= 11 is 0. The predicted octanol–water partition coefficient (Wildman–Crippen LogP) is 4.35. The van der Waals surface area contributed by atoms with Crippen molar-refractivity contribution in [3.8, 4) is 11.5 Å². The van der Waals surface area contributed by atoms with Crippen molar-refractivity contribution in [1.82, 2.24) is 0 Å². The van der Waals surface area contributed by atoms with Gasteiger partial charge in [-0.3, -0.25) is 4.79 Å². The second-order valence-corrected chi connectivity index (χ2v) is 6.79. The minimum Gasteiger partial charge on any atom is -0.490 e. The van der Waals surface area contributed by atoms with E-state index in [1.165, 1.54) is 4.90 Å². The van der Waals surface area contributed by atoms with E-state index in [-0.39, 0.29) is 18.1 Å². The Labute approximate surface area is 182 Å². The van der Waals surface area contributed by atoms with E-state index in [1.807, 2.05) is 60.7 Å². The summed E-state index contributed by atoms with van der Waals surface area (Å²) in [5, 5.41) is 0. The number of esters is 1. The van der Waals surface area contributed by atoms with Crippen LogP contribution in [0.25, 0.3) is 0 Å². The van der Waals surface area contributed by atoms with Crippen molar-refractivity contribution in [1.29, 1.82) is 0 Å². The molecule has 0 aliphatic carbocycles. The summed E-state index contributed by atoms with van der Waals surface area (Å²) in [7, 11) is 1.64. The monoisotopic (exact) mass is 419 g/mol. The Kier molecular flexibility index (Phi) is 7.65. The molecule has 0 bridgehead atoms. The van der Waals surface area contributed by atoms with Crippen LogP contribution in [0.15, 0.2) is 84.9 Å². The van der Waals surface area contributed by atoms with Gasteiger partial charge in [0.25, 0.3) is 5.91 Å². The lowest BCUT2D eigenvalue weighted by Gasteiger charge is -2.22. The molecule has 160 valence electrons. The number of carbonyl (C=O) groups is 2. The van der Waals surface area contributed by atoms with Gasteiger partial charge in [0.1, 0.15) is 30.3 Å². The average molecular weight is 419 g/mol. The fraction of sp³-hybridized carbons (Fsp3) is 0.200. The largest absolute Gasteiger partial charge is 0.490 e. The quantitative estimate of drug-likeness (QED) is 0.381. The topological polar surface area (TPSA) is 65.1 Å². The van der Waals surface area contributed by atoms with Crippen LogP contribution >= 0.6 is 0 Å². The summed E-state index contributed by atoms with van der Waals surface area (Å²) < 4.78 is 16.7. The number of anilines is 1. The SMILES string of the molecule is C[C@@H](OC(=O)c1ccccc1OCCOc1ccccc1)C(=O)N(C)c1ccccc1. The van der Waals surface area contributed by atoms with Gasteiger partial charge in [0, 0.05) is 12.7 Å². The first-order valence-corrected chi connectivity index (χ1v) is 9.99. The molecule has 0 aliphatic rings. The van der Waals surface area contributed by atoms with Crippen LogP contribution in [0.2, 0.25) is 0 Å². The lowest BCUT2D eigenvalue weighted by Crippen LogP contribution is -2.37. The van der Waals surface area contributed by atoms with Gasteiger partial charge >= 0.3 is 5.97 Å². The van der Waals surface area contributed by atoms with Gasteiger partial charge in [-0.25, -0.2) is 4.79 Å². The number of nitrogens with zero attached hydrogens (tertiary/aromatic N) is 1. The highest BCUT2D eigenvalue weighted by atomic mass is 16.6. The van der Waals surface area contributed by atoms with Gasteiger partial charge in [-0.15, -0.1) is 0 Å². The summed E-state index contributed by atoms with van der Waals surface area (Å²) in [6.45, 7) is 2.13. The van der Waals surface area contributed by atoms with Crippen LogP contribution in [-0.4, -0.2) is 38.2 Å². The summed E-state index contributed by atoms with van der Waals surface area (Å²) in [5.74, 6) is 0.171. The summed E-state index contributed by atoms with van der Waals surface area (Å²) in [4.78, 5) is 26.8. The van der Waals surface area contributed by atoms with Gasteiger partial charge in [0.15, 0.2) is 6.10 Å². The van der Waals surface area contributed by atoms with Gasteiger partial charge in [-0.1, -0.05) is 48.5 Å². The molecule has 3 aromatic rings. The molecule has 0 saturated carbocycles. The number of hydrogen-bond acceptors (Lipinski definition) is 5. The fourth-order valence-electron chi connectivity index (χ4n) is 2.91. The Balaban J connectivity index is 1.56. The molecule has 0 heterocycles. The zero-order valence-electron chi connectivity index (χ0n) is 17.6. The zero-order valence-corrected chi connectivity index (χ0v) is 17.6. The zero-order chi connectivity index (χ0) is 22.1. The standard InChI is InChI=1S/C25H25NO5/c1-19(24(27)26(2)20-11-5-3-6-12-20)31-25(28)22-15-9-10-16-23(22)30-18-17-29-21-13-7-4-8-14-21/h3-16,19H,17-18H2,1-2H3/t19-/m1/s1. The normalized spacial score (nSPS) is 11.3. The van der Waals surface area contributed by atoms with Gasteiger partial charge in [0.05, 0.1) is 0 Å². The lowest BCUT2D eigenvalue weighted by molar-refractivity contribution is -0.126. The van der Waals surface area contributed by atoms with Crippen molar-refractivity contribution in [3.05, 3.63) is 90.5 Å². The second-order valence-electron chi connectivity index (χ2n) is 6.79. The Morgan fingerprint density at radius 1 is 0.806 bits per heavy atom. The van der Waals surface area contributed by atoms with E-state index in [4.69, 9.17) is 14.2 Å². The molecule has 6 nitrogen and oxygen atoms in total. The summed E-state index contributed by atoms with van der Waals surface area (Å²) in [5.41, 5.74) is 0.974. The number of carbonyl (C=O) groups excluding carboxylic acids is 2. The highest BCUT2D eigenvalue weighted by Crippen LogP contribution is 2.21. The van der Waals surface area contributed by atoms with E-state index in [1.54, 1.807) is 38.2 Å². The van der Waals surface area contributed by atoms with E-state index in [9.17, 15) is 9.59 Å². The van der Waals surface area contributed by atoms with Crippen molar-refractivity contribution in [2.75, 3.05) is 25.2 Å². The van der Waals surface area contributed by atoms with E-state index in [0.29, 0.717) is 12.4 Å². The Morgan fingerprint density at radius 2 is 1.39 bits per heavy atom. The smallest absolute Gasteiger partial charge is 0.342 e. The summed E-state index contributed by atoms with van der Waals surface area (Å²) in [6.07, 6.45) is -0.952. The molecule has 3 aromatic carbocycles. The molecular formula is C25H25NO5. The maximum absolute atomic E-state index is 12.7. The number of benzene rings is 3. The minimum atomic E-state index is -0.952. The van der Waals surface area contributed by atoms with E-state index >= 15 is 0 Å². The van der Waals surface area contributed by atoms with Crippen molar-refractivity contribution in [2.45, 2.75) is 13.0 Å². The third kappa shape index (κ3) is 6.09. The maximum atomic E-state index is 12.7. The molecule has 6 heteroatoms. The molecule has 0 fully saturated rings. The highest BCUT2D eigenvalue weighted by Gasteiger charge is 2.24. The second kappa shape index (κ2) is 10.8. The molecule has 3 rings (SSSR count). The minimum absolute atomic E-state index is 0.254. The molecule has 0 spiro atoms. The first-order valence-electron chi connectivity index (χ1n) is 9.99. The number of likely N-dealkylation sites (N-methyl/N-ethyl adjacent to an activating group) is 1. The highest BCUT2D eigenvalue weighted by molar-refractivity contribution is 5.99.